The quantitative estimate of drug-likeness (QED) is 0.840. The van der Waals surface area contributed by atoms with E-state index in [1.807, 2.05) is 6.92 Å². The molecule has 0 atom stereocenters. The number of hydrogen-bond donors (Lipinski definition) is 0. The molecule has 19 heavy (non-hydrogen) atoms. The summed E-state index contributed by atoms with van der Waals surface area (Å²) in [6, 6.07) is -0.289. The van der Waals surface area contributed by atoms with Gasteiger partial charge in [-0.3, -0.25) is 0 Å². The van der Waals surface area contributed by atoms with Gasteiger partial charge in [0.1, 0.15) is 5.52 Å². The molecular weight excluding hydrogens is 261 g/mol. The lowest BCUT2D eigenvalue weighted by Gasteiger charge is -2.07. The number of alkyl halides is 3. The van der Waals surface area contributed by atoms with E-state index in [2.05, 4.69) is 19.7 Å². The predicted molar refractivity (Wildman–Crippen MR) is 61.8 cm³/mol. The molecule has 0 N–H and O–H groups in total. The second kappa shape index (κ2) is 5.41. The highest BCUT2D eigenvalue weighted by Crippen LogP contribution is 2.17. The smallest absolute Gasteiger partial charge is 0.422 e. The Morgan fingerprint density at radius 1 is 1.32 bits per heavy atom. The van der Waals surface area contributed by atoms with Gasteiger partial charge in [-0.1, -0.05) is 13.3 Å². The summed E-state index contributed by atoms with van der Waals surface area (Å²) in [6.45, 7) is 1.36. The molecule has 0 bridgehead atoms. The Kier molecular flexibility index (Phi) is 3.87. The monoisotopic (exact) mass is 274 g/mol. The molecule has 5 nitrogen and oxygen atoms in total. The number of fused-ring (bicyclic) bond motifs is 1. The summed E-state index contributed by atoms with van der Waals surface area (Å²) in [5.41, 5.74) is 1.02. The number of nitrogens with zero attached hydrogens (tertiary/aromatic N) is 4. The number of unbranched alkanes of at least 4 members (excludes halogenated alkanes) is 1. The van der Waals surface area contributed by atoms with Crippen LogP contribution in [0.4, 0.5) is 13.2 Å². The van der Waals surface area contributed by atoms with Crippen LogP contribution in [0.3, 0.4) is 0 Å². The highest BCUT2D eigenvalue weighted by Gasteiger charge is 2.29. The Morgan fingerprint density at radius 3 is 2.79 bits per heavy atom. The van der Waals surface area contributed by atoms with Gasteiger partial charge in [0.05, 0.1) is 12.5 Å². The highest BCUT2D eigenvalue weighted by molar-refractivity contribution is 5.69. The standard InChI is InChI=1S/C11H13F3N4O/c1-2-3-4-18-7-16-8-5-15-10(17-9(8)18)19-6-11(12,13)14/h5,7H,2-4,6H2,1H3. The first-order valence-corrected chi connectivity index (χ1v) is 5.87. The summed E-state index contributed by atoms with van der Waals surface area (Å²) in [7, 11) is 0. The van der Waals surface area contributed by atoms with E-state index in [1.54, 1.807) is 10.9 Å². The molecule has 0 aliphatic carbocycles. The van der Waals surface area contributed by atoms with Gasteiger partial charge in [-0.25, -0.2) is 9.97 Å². The normalized spacial score (nSPS) is 12.0. The third-order valence-corrected chi connectivity index (χ3v) is 2.45. The van der Waals surface area contributed by atoms with E-state index in [4.69, 9.17) is 0 Å². The van der Waals surface area contributed by atoms with Crippen LogP contribution in [0, 0.1) is 0 Å². The Balaban J connectivity index is 2.18. The molecule has 0 aliphatic heterocycles. The van der Waals surface area contributed by atoms with E-state index < -0.39 is 12.8 Å². The van der Waals surface area contributed by atoms with Gasteiger partial charge in [0.25, 0.3) is 0 Å². The fourth-order valence-corrected chi connectivity index (χ4v) is 1.55. The van der Waals surface area contributed by atoms with E-state index in [0.29, 0.717) is 17.7 Å². The number of hydrogen-bond acceptors (Lipinski definition) is 4. The summed E-state index contributed by atoms with van der Waals surface area (Å²) in [4.78, 5) is 11.7. The first-order chi connectivity index (χ1) is 8.99. The predicted octanol–water partition coefficient (Wildman–Crippen LogP) is 2.57. The Morgan fingerprint density at radius 2 is 2.11 bits per heavy atom. The molecule has 0 saturated heterocycles. The largest absolute Gasteiger partial charge is 0.454 e. The van der Waals surface area contributed by atoms with Crippen molar-refractivity contribution >= 4 is 11.2 Å². The van der Waals surface area contributed by atoms with Crippen LogP contribution in [-0.4, -0.2) is 32.3 Å². The Labute approximate surface area is 107 Å². The van der Waals surface area contributed by atoms with Gasteiger partial charge in [-0.2, -0.15) is 18.2 Å². The first kappa shape index (κ1) is 13.6. The molecule has 0 aliphatic rings. The van der Waals surface area contributed by atoms with Gasteiger partial charge in [0, 0.05) is 6.54 Å². The van der Waals surface area contributed by atoms with Crippen LogP contribution in [0.1, 0.15) is 19.8 Å². The minimum absolute atomic E-state index is 0.289. The lowest BCUT2D eigenvalue weighted by Crippen LogP contribution is -2.20. The molecule has 2 heterocycles. The van der Waals surface area contributed by atoms with Crippen molar-refractivity contribution in [2.75, 3.05) is 6.61 Å². The number of ether oxygens (including phenoxy) is 1. The van der Waals surface area contributed by atoms with Gasteiger partial charge in [-0.15, -0.1) is 0 Å². The summed E-state index contributed by atoms with van der Waals surface area (Å²) in [6.07, 6.45) is 0.496. The van der Waals surface area contributed by atoms with Crippen molar-refractivity contribution in [1.29, 1.82) is 0 Å². The van der Waals surface area contributed by atoms with Gasteiger partial charge < -0.3 is 9.30 Å². The minimum atomic E-state index is -4.40. The summed E-state index contributed by atoms with van der Waals surface area (Å²) < 4.78 is 42.4. The Bertz CT molecular complexity index is 552. The van der Waals surface area contributed by atoms with Crippen molar-refractivity contribution in [3.05, 3.63) is 12.5 Å². The third-order valence-electron chi connectivity index (χ3n) is 2.45. The number of halogens is 3. The lowest BCUT2D eigenvalue weighted by molar-refractivity contribution is -0.154. The molecule has 0 radical (unpaired) electrons. The van der Waals surface area contributed by atoms with Crippen LogP contribution in [0.5, 0.6) is 6.01 Å². The number of imidazole rings is 1. The summed E-state index contributed by atoms with van der Waals surface area (Å²) in [5.74, 6) is 0. The Hall–Kier alpha value is -1.86. The summed E-state index contributed by atoms with van der Waals surface area (Å²) >= 11 is 0. The molecule has 0 aromatic carbocycles. The van der Waals surface area contributed by atoms with E-state index in [-0.39, 0.29) is 6.01 Å². The van der Waals surface area contributed by atoms with Gasteiger partial charge in [0.15, 0.2) is 12.3 Å². The third kappa shape index (κ3) is 3.55. The topological polar surface area (TPSA) is 52.8 Å². The second-order valence-corrected chi connectivity index (χ2v) is 4.06. The van der Waals surface area contributed by atoms with E-state index in [1.165, 1.54) is 6.20 Å². The van der Waals surface area contributed by atoms with Gasteiger partial charge in [-0.05, 0) is 6.42 Å². The zero-order chi connectivity index (χ0) is 13.9. The van der Waals surface area contributed by atoms with E-state index >= 15 is 0 Å². The average Bonchev–Trinajstić information content (AvgIpc) is 2.75. The van der Waals surface area contributed by atoms with Gasteiger partial charge >= 0.3 is 12.2 Å². The van der Waals surface area contributed by atoms with Crippen LogP contribution in [0.2, 0.25) is 0 Å². The molecule has 0 spiro atoms. The van der Waals surface area contributed by atoms with Crippen LogP contribution < -0.4 is 4.74 Å². The van der Waals surface area contributed by atoms with Crippen LogP contribution >= 0.6 is 0 Å². The van der Waals surface area contributed by atoms with Crippen molar-refractivity contribution in [3.8, 4) is 6.01 Å². The van der Waals surface area contributed by atoms with Crippen molar-refractivity contribution in [2.45, 2.75) is 32.5 Å². The molecule has 0 unspecified atom stereocenters. The lowest BCUT2D eigenvalue weighted by atomic mass is 10.3. The van der Waals surface area contributed by atoms with Crippen molar-refractivity contribution in [1.82, 2.24) is 19.5 Å². The van der Waals surface area contributed by atoms with Gasteiger partial charge in [0.2, 0.25) is 0 Å². The molecule has 2 aromatic rings. The minimum Gasteiger partial charge on any atom is -0.454 e. The van der Waals surface area contributed by atoms with Crippen molar-refractivity contribution in [2.24, 2.45) is 0 Å². The molecule has 8 heteroatoms. The molecule has 0 amide bonds. The SMILES string of the molecule is CCCCn1cnc2cnc(OCC(F)(F)F)nc21. The molecular formula is C11H13F3N4O. The molecule has 0 saturated carbocycles. The van der Waals surface area contributed by atoms with Crippen LogP contribution in [-0.2, 0) is 6.54 Å². The van der Waals surface area contributed by atoms with Crippen LogP contribution in [0.15, 0.2) is 12.5 Å². The average molecular weight is 274 g/mol. The fourth-order valence-electron chi connectivity index (χ4n) is 1.55. The fraction of sp³-hybridized carbons (Fsp3) is 0.545. The number of rotatable bonds is 5. The van der Waals surface area contributed by atoms with E-state index in [0.717, 1.165) is 12.8 Å². The molecule has 0 fully saturated rings. The maximum Gasteiger partial charge on any atom is 0.422 e. The zero-order valence-electron chi connectivity index (χ0n) is 10.3. The number of aryl methyl sites for hydroxylation is 1. The molecule has 2 aromatic heterocycles. The maximum atomic E-state index is 12.0. The van der Waals surface area contributed by atoms with E-state index in [9.17, 15) is 13.2 Å². The molecule has 104 valence electrons. The highest BCUT2D eigenvalue weighted by atomic mass is 19.4. The first-order valence-electron chi connectivity index (χ1n) is 5.87. The van der Waals surface area contributed by atoms with Crippen molar-refractivity contribution < 1.29 is 17.9 Å². The number of aromatic nitrogens is 4. The maximum absolute atomic E-state index is 12.0. The van der Waals surface area contributed by atoms with Crippen LogP contribution in [0.25, 0.3) is 11.2 Å². The summed E-state index contributed by atoms with van der Waals surface area (Å²) in [5, 5.41) is 0. The zero-order valence-corrected chi connectivity index (χ0v) is 10.3. The van der Waals surface area contributed by atoms with Crippen molar-refractivity contribution in [3.63, 3.8) is 0 Å². The molecule has 2 rings (SSSR count). The second-order valence-electron chi connectivity index (χ2n) is 4.06.